The molecule has 0 aliphatic carbocycles. The van der Waals surface area contributed by atoms with E-state index in [1.165, 1.54) is 0 Å². The van der Waals surface area contributed by atoms with E-state index in [1.54, 1.807) is 16.8 Å². The monoisotopic (exact) mass is 317 g/mol. The fourth-order valence-electron chi connectivity index (χ4n) is 2.84. The second kappa shape index (κ2) is 6.71. The summed E-state index contributed by atoms with van der Waals surface area (Å²) in [6, 6.07) is 8.47. The Labute approximate surface area is 138 Å². The summed E-state index contributed by atoms with van der Waals surface area (Å²) in [7, 11) is 1.75. The molecule has 1 aromatic carbocycles. The van der Waals surface area contributed by atoms with Crippen LogP contribution in [-0.2, 0) is 9.59 Å². The minimum Gasteiger partial charge on any atom is -0.329 e. The van der Waals surface area contributed by atoms with Crippen LogP contribution in [0.5, 0.6) is 0 Å². The van der Waals surface area contributed by atoms with E-state index in [0.717, 1.165) is 12.1 Å². The lowest BCUT2D eigenvalue weighted by molar-refractivity contribution is -0.140. The van der Waals surface area contributed by atoms with Gasteiger partial charge in [0.2, 0.25) is 11.8 Å². The molecule has 1 aliphatic rings. The topological polar surface area (TPSA) is 66.6 Å². The number of likely N-dealkylation sites (tertiary alicyclic amines) is 1. The largest absolute Gasteiger partial charge is 0.329 e. The summed E-state index contributed by atoms with van der Waals surface area (Å²) in [5.41, 5.74) is 6.62. The number of amides is 2. The van der Waals surface area contributed by atoms with Crippen LogP contribution in [0.1, 0.15) is 33.6 Å². The van der Waals surface area contributed by atoms with Crippen LogP contribution in [0.2, 0.25) is 0 Å². The first-order valence-electron chi connectivity index (χ1n) is 8.12. The van der Waals surface area contributed by atoms with Gasteiger partial charge >= 0.3 is 0 Å². The van der Waals surface area contributed by atoms with Gasteiger partial charge in [0.25, 0.3) is 0 Å². The molecule has 23 heavy (non-hydrogen) atoms. The molecule has 126 valence electrons. The number of rotatable bonds is 3. The molecule has 5 nitrogen and oxygen atoms in total. The van der Waals surface area contributed by atoms with Gasteiger partial charge < -0.3 is 15.5 Å². The van der Waals surface area contributed by atoms with E-state index in [9.17, 15) is 9.59 Å². The predicted molar refractivity (Wildman–Crippen MR) is 92.0 cm³/mol. The number of carbonyl (C=O) groups excluding carboxylic acids is 2. The maximum absolute atomic E-state index is 12.8. The fourth-order valence-corrected chi connectivity index (χ4v) is 2.84. The molecule has 1 aliphatic heterocycles. The van der Waals surface area contributed by atoms with Crippen molar-refractivity contribution in [1.29, 1.82) is 0 Å². The van der Waals surface area contributed by atoms with Gasteiger partial charge in [-0.2, -0.15) is 0 Å². The van der Waals surface area contributed by atoms with E-state index in [1.807, 2.05) is 51.1 Å². The van der Waals surface area contributed by atoms with E-state index in [4.69, 9.17) is 5.73 Å². The smallest absolute Gasteiger partial charge is 0.249 e. The first-order chi connectivity index (χ1) is 10.7. The average molecular weight is 317 g/mol. The number of hydrogen-bond donors (Lipinski definition) is 1. The number of benzene rings is 1. The molecule has 1 heterocycles. The summed E-state index contributed by atoms with van der Waals surface area (Å²) in [6.45, 7) is 6.43. The highest BCUT2D eigenvalue weighted by Gasteiger charge is 2.40. The van der Waals surface area contributed by atoms with Crippen LogP contribution in [0, 0.1) is 5.41 Å². The van der Waals surface area contributed by atoms with Crippen LogP contribution in [0.4, 0.5) is 5.69 Å². The maximum Gasteiger partial charge on any atom is 0.249 e. The normalized spacial score (nSPS) is 19.5. The van der Waals surface area contributed by atoms with Crippen molar-refractivity contribution in [2.24, 2.45) is 11.1 Å². The van der Waals surface area contributed by atoms with Gasteiger partial charge in [-0.15, -0.1) is 0 Å². The van der Waals surface area contributed by atoms with Crippen molar-refractivity contribution in [3.63, 3.8) is 0 Å². The summed E-state index contributed by atoms with van der Waals surface area (Å²) in [6.07, 6.45) is 1.53. The third-order valence-electron chi connectivity index (χ3n) is 4.49. The Bertz CT molecular complexity index is 565. The van der Waals surface area contributed by atoms with Gasteiger partial charge in [-0.05, 0) is 30.4 Å². The molecule has 0 bridgehead atoms. The lowest BCUT2D eigenvalue weighted by atomic mass is 9.86. The molecule has 5 heteroatoms. The summed E-state index contributed by atoms with van der Waals surface area (Å²) < 4.78 is 0. The van der Waals surface area contributed by atoms with Crippen molar-refractivity contribution in [3.05, 3.63) is 30.3 Å². The van der Waals surface area contributed by atoms with Gasteiger partial charge in [0.05, 0.1) is 6.04 Å². The molecule has 0 aromatic heterocycles. The molecule has 0 radical (unpaired) electrons. The summed E-state index contributed by atoms with van der Waals surface area (Å²) in [5, 5.41) is 0. The van der Waals surface area contributed by atoms with Crippen molar-refractivity contribution in [1.82, 2.24) is 4.90 Å². The van der Waals surface area contributed by atoms with Crippen molar-refractivity contribution in [2.45, 2.75) is 45.7 Å². The van der Waals surface area contributed by atoms with E-state index in [0.29, 0.717) is 13.0 Å². The Balaban J connectivity index is 2.15. The van der Waals surface area contributed by atoms with E-state index < -0.39 is 12.1 Å². The zero-order valence-corrected chi connectivity index (χ0v) is 14.5. The van der Waals surface area contributed by atoms with Crippen LogP contribution in [-0.4, -0.2) is 42.4 Å². The van der Waals surface area contributed by atoms with Gasteiger partial charge in [0.1, 0.15) is 6.04 Å². The molecule has 1 aromatic rings. The predicted octanol–water partition coefficient (Wildman–Crippen LogP) is 2.01. The summed E-state index contributed by atoms with van der Waals surface area (Å²) >= 11 is 0. The molecule has 2 unspecified atom stereocenters. The minimum absolute atomic E-state index is 0.0526. The first kappa shape index (κ1) is 17.5. The molecule has 2 rings (SSSR count). The van der Waals surface area contributed by atoms with Crippen molar-refractivity contribution in [3.8, 4) is 0 Å². The van der Waals surface area contributed by atoms with Crippen molar-refractivity contribution in [2.75, 3.05) is 18.5 Å². The van der Waals surface area contributed by atoms with Gasteiger partial charge in [0, 0.05) is 19.3 Å². The minimum atomic E-state index is -0.599. The molecular formula is C18H27N3O2. The third kappa shape index (κ3) is 3.72. The number of likely N-dealkylation sites (N-methyl/N-ethyl adjacent to an activating group) is 1. The van der Waals surface area contributed by atoms with E-state index >= 15 is 0 Å². The first-order valence-corrected chi connectivity index (χ1v) is 8.12. The Kier molecular flexibility index (Phi) is 5.09. The SMILES string of the molecule is CN(C(=O)C1CCCN1C(=O)C(N)C(C)(C)C)c1ccccc1. The molecule has 1 saturated heterocycles. The molecule has 0 spiro atoms. The molecule has 0 saturated carbocycles. The van der Waals surface area contributed by atoms with Gasteiger partial charge in [-0.1, -0.05) is 39.0 Å². The van der Waals surface area contributed by atoms with E-state index in [2.05, 4.69) is 0 Å². The highest BCUT2D eigenvalue weighted by molar-refractivity contribution is 5.99. The highest BCUT2D eigenvalue weighted by atomic mass is 16.2. The lowest BCUT2D eigenvalue weighted by Gasteiger charge is -2.33. The standard InChI is InChI=1S/C18H27N3O2/c1-18(2,3)15(19)17(23)21-12-8-11-14(21)16(22)20(4)13-9-6-5-7-10-13/h5-7,9-10,14-15H,8,11-12,19H2,1-4H3. The molecule has 2 N–H and O–H groups in total. The van der Waals surface area contributed by atoms with Crippen LogP contribution in [0.15, 0.2) is 30.3 Å². The molecule has 2 amide bonds. The summed E-state index contributed by atoms with van der Waals surface area (Å²) in [4.78, 5) is 28.8. The van der Waals surface area contributed by atoms with Crippen LogP contribution in [0.3, 0.4) is 0 Å². The van der Waals surface area contributed by atoms with Gasteiger partial charge in [-0.25, -0.2) is 0 Å². The molecule has 1 fully saturated rings. The van der Waals surface area contributed by atoms with Crippen molar-refractivity contribution < 1.29 is 9.59 Å². The second-order valence-electron chi connectivity index (χ2n) is 7.27. The average Bonchev–Trinajstić information content (AvgIpc) is 3.01. The summed E-state index contributed by atoms with van der Waals surface area (Å²) in [5.74, 6) is -0.182. The number of para-hydroxylation sites is 1. The number of nitrogens with two attached hydrogens (primary N) is 1. The number of nitrogens with zero attached hydrogens (tertiary/aromatic N) is 2. The third-order valence-corrected chi connectivity index (χ3v) is 4.49. The van der Waals surface area contributed by atoms with Crippen LogP contribution >= 0.6 is 0 Å². The Morgan fingerprint density at radius 1 is 1.26 bits per heavy atom. The Hall–Kier alpha value is -1.88. The second-order valence-corrected chi connectivity index (χ2v) is 7.27. The van der Waals surface area contributed by atoms with E-state index in [-0.39, 0.29) is 17.2 Å². The van der Waals surface area contributed by atoms with Crippen molar-refractivity contribution >= 4 is 17.5 Å². The zero-order chi connectivity index (χ0) is 17.2. The Morgan fingerprint density at radius 3 is 2.43 bits per heavy atom. The number of hydrogen-bond acceptors (Lipinski definition) is 3. The highest BCUT2D eigenvalue weighted by Crippen LogP contribution is 2.26. The molecule has 2 atom stereocenters. The van der Waals surface area contributed by atoms with Gasteiger partial charge in [-0.3, -0.25) is 9.59 Å². The quantitative estimate of drug-likeness (QED) is 0.927. The van der Waals surface area contributed by atoms with Gasteiger partial charge in [0.15, 0.2) is 0 Å². The van der Waals surface area contributed by atoms with Crippen LogP contribution < -0.4 is 10.6 Å². The Morgan fingerprint density at radius 2 is 1.87 bits per heavy atom. The number of carbonyl (C=O) groups is 2. The lowest BCUT2D eigenvalue weighted by Crippen LogP contribution is -2.55. The number of anilines is 1. The maximum atomic E-state index is 12.8. The van der Waals surface area contributed by atoms with Crippen LogP contribution in [0.25, 0.3) is 0 Å². The zero-order valence-electron chi connectivity index (χ0n) is 14.5. The fraction of sp³-hybridized carbons (Fsp3) is 0.556. The molecular weight excluding hydrogens is 290 g/mol.